The van der Waals surface area contributed by atoms with Crippen LogP contribution in [0, 0.1) is 5.92 Å². The average Bonchev–Trinajstić information content (AvgIpc) is 3.12. The van der Waals surface area contributed by atoms with Gasteiger partial charge in [0.1, 0.15) is 5.75 Å². The first kappa shape index (κ1) is 25.4. The summed E-state index contributed by atoms with van der Waals surface area (Å²) in [5.74, 6) is 1.33. The first-order valence-corrected chi connectivity index (χ1v) is 11.7. The molecule has 0 aliphatic carbocycles. The fourth-order valence-corrected chi connectivity index (χ4v) is 3.92. The Morgan fingerprint density at radius 2 is 1.88 bits per heavy atom. The van der Waals surface area contributed by atoms with Crippen LogP contribution in [0.15, 0.2) is 36.4 Å². The fourth-order valence-electron chi connectivity index (χ4n) is 3.92. The highest BCUT2D eigenvalue weighted by molar-refractivity contribution is 5.85. The van der Waals surface area contributed by atoms with Gasteiger partial charge in [-0.15, -0.1) is 10.2 Å². The van der Waals surface area contributed by atoms with Crippen LogP contribution in [0.2, 0.25) is 0 Å². The lowest BCUT2D eigenvalue weighted by molar-refractivity contribution is -0.142. The maximum atomic E-state index is 13.0. The number of anilines is 1. The highest BCUT2D eigenvalue weighted by atomic mass is 16.5. The smallest absolute Gasteiger partial charge is 0.242 e. The van der Waals surface area contributed by atoms with Crippen LogP contribution in [0.4, 0.5) is 5.82 Å². The number of ether oxygens (including phenoxy) is 2. The maximum Gasteiger partial charge on any atom is 0.242 e. The molecule has 2 aromatic rings. The number of benzene rings is 1. The molecule has 3 rings (SSSR count). The zero-order valence-electron chi connectivity index (χ0n) is 20.6. The minimum atomic E-state index is -0.164. The molecule has 2 amide bonds. The number of amides is 2. The van der Waals surface area contributed by atoms with Crippen molar-refractivity contribution in [3.63, 3.8) is 0 Å². The first-order chi connectivity index (χ1) is 16.4. The minimum absolute atomic E-state index is 0.0340. The molecule has 0 atom stereocenters. The van der Waals surface area contributed by atoms with E-state index in [0.717, 1.165) is 35.8 Å². The molecule has 9 heteroatoms. The Morgan fingerprint density at radius 1 is 1.06 bits per heavy atom. The molecule has 1 aromatic carbocycles. The summed E-state index contributed by atoms with van der Waals surface area (Å²) in [6.45, 7) is 7.26. The van der Waals surface area contributed by atoms with E-state index in [1.807, 2.05) is 55.1 Å². The predicted molar refractivity (Wildman–Crippen MR) is 131 cm³/mol. The summed E-state index contributed by atoms with van der Waals surface area (Å²) >= 11 is 0. The molecule has 34 heavy (non-hydrogen) atoms. The Balaban J connectivity index is 1.60. The Bertz CT molecular complexity index is 951. The molecule has 1 aliphatic heterocycles. The Hall–Kier alpha value is -3.20. The van der Waals surface area contributed by atoms with Crippen LogP contribution in [0.3, 0.4) is 0 Å². The van der Waals surface area contributed by atoms with Gasteiger partial charge in [0.15, 0.2) is 5.82 Å². The van der Waals surface area contributed by atoms with Crippen molar-refractivity contribution >= 4 is 17.6 Å². The van der Waals surface area contributed by atoms with Gasteiger partial charge in [0, 0.05) is 51.3 Å². The van der Waals surface area contributed by atoms with Crippen molar-refractivity contribution in [3.8, 4) is 17.0 Å². The minimum Gasteiger partial charge on any atom is -0.497 e. The summed E-state index contributed by atoms with van der Waals surface area (Å²) < 4.78 is 10.4. The molecule has 0 radical (unpaired) electrons. The monoisotopic (exact) mass is 469 g/mol. The van der Waals surface area contributed by atoms with Crippen molar-refractivity contribution in [1.82, 2.24) is 20.0 Å². The number of rotatable bonds is 9. The van der Waals surface area contributed by atoms with Crippen molar-refractivity contribution in [3.05, 3.63) is 36.4 Å². The van der Waals surface area contributed by atoms with Gasteiger partial charge in [-0.1, -0.05) is 26.0 Å². The van der Waals surface area contributed by atoms with Crippen molar-refractivity contribution in [2.24, 2.45) is 5.92 Å². The molecule has 0 N–H and O–H groups in total. The number of hydrogen-bond acceptors (Lipinski definition) is 7. The Labute approximate surface area is 201 Å². The van der Waals surface area contributed by atoms with Gasteiger partial charge < -0.3 is 24.2 Å². The molecule has 9 nitrogen and oxygen atoms in total. The van der Waals surface area contributed by atoms with E-state index in [0.29, 0.717) is 32.8 Å². The van der Waals surface area contributed by atoms with E-state index in [1.54, 1.807) is 19.1 Å². The highest BCUT2D eigenvalue weighted by Gasteiger charge is 2.25. The fraction of sp³-hybridized carbons (Fsp3) is 0.520. The summed E-state index contributed by atoms with van der Waals surface area (Å²) in [4.78, 5) is 31.1. The second kappa shape index (κ2) is 12.3. The molecule has 1 aromatic heterocycles. The lowest BCUT2D eigenvalue weighted by Crippen LogP contribution is -2.46. The second-order valence-corrected chi connectivity index (χ2v) is 8.64. The summed E-state index contributed by atoms with van der Waals surface area (Å²) in [5, 5.41) is 8.84. The molecule has 1 aliphatic rings. The van der Waals surface area contributed by atoms with Crippen molar-refractivity contribution in [2.45, 2.75) is 20.3 Å². The van der Waals surface area contributed by atoms with E-state index < -0.39 is 0 Å². The number of hydrogen-bond donors (Lipinski definition) is 0. The van der Waals surface area contributed by atoms with E-state index in [2.05, 4.69) is 15.1 Å². The van der Waals surface area contributed by atoms with E-state index in [1.165, 1.54) is 0 Å². The molecule has 0 bridgehead atoms. The number of methoxy groups -OCH3 is 2. The largest absolute Gasteiger partial charge is 0.497 e. The second-order valence-electron chi connectivity index (χ2n) is 8.64. The van der Waals surface area contributed by atoms with Gasteiger partial charge in [-0.2, -0.15) is 0 Å². The third-order valence-electron chi connectivity index (χ3n) is 5.89. The van der Waals surface area contributed by atoms with Crippen molar-refractivity contribution < 1.29 is 19.1 Å². The highest BCUT2D eigenvalue weighted by Crippen LogP contribution is 2.23. The van der Waals surface area contributed by atoms with Gasteiger partial charge in [-0.05, 0) is 30.7 Å². The molecular weight excluding hydrogens is 434 g/mol. The molecule has 0 saturated carbocycles. The number of aromatic nitrogens is 2. The SMILES string of the molecule is COCCN(CC(=O)N1CCCN(c2ccc(-c3cccc(OC)c3)nn2)CC1)C(=O)C(C)C. The van der Waals surface area contributed by atoms with E-state index in [4.69, 9.17) is 9.47 Å². The number of nitrogens with zero attached hydrogens (tertiary/aromatic N) is 5. The quantitative estimate of drug-likeness (QED) is 0.557. The molecular formula is C25H35N5O4. The van der Waals surface area contributed by atoms with Crippen LogP contribution >= 0.6 is 0 Å². The van der Waals surface area contributed by atoms with Gasteiger partial charge in [0.05, 0.1) is 26.0 Å². The van der Waals surface area contributed by atoms with Crippen LogP contribution in [-0.2, 0) is 14.3 Å². The molecule has 1 fully saturated rings. The van der Waals surface area contributed by atoms with Crippen LogP contribution in [0.5, 0.6) is 5.75 Å². The van der Waals surface area contributed by atoms with E-state index in [-0.39, 0.29) is 24.3 Å². The van der Waals surface area contributed by atoms with Crippen molar-refractivity contribution in [2.75, 3.05) is 65.0 Å². The van der Waals surface area contributed by atoms with Gasteiger partial charge in [0.2, 0.25) is 11.8 Å². The third-order valence-corrected chi connectivity index (χ3v) is 5.89. The third kappa shape index (κ3) is 6.66. The summed E-state index contributed by atoms with van der Waals surface area (Å²) in [7, 11) is 3.23. The molecule has 0 unspecified atom stereocenters. The van der Waals surface area contributed by atoms with Gasteiger partial charge in [0.25, 0.3) is 0 Å². The van der Waals surface area contributed by atoms with Crippen LogP contribution in [-0.4, -0.2) is 91.9 Å². The normalized spacial score (nSPS) is 14.1. The summed E-state index contributed by atoms with van der Waals surface area (Å²) in [5.41, 5.74) is 1.72. The van der Waals surface area contributed by atoms with E-state index in [9.17, 15) is 9.59 Å². The van der Waals surface area contributed by atoms with E-state index >= 15 is 0 Å². The standard InChI is InChI=1S/C25H35N5O4/c1-19(2)25(32)30(15-16-33-3)18-24(31)29-12-6-11-28(13-14-29)23-10-9-22(26-27-23)20-7-5-8-21(17-20)34-4/h5,7-10,17,19H,6,11-16,18H2,1-4H3. The van der Waals surface area contributed by atoms with Crippen LogP contribution < -0.4 is 9.64 Å². The lowest BCUT2D eigenvalue weighted by Gasteiger charge is -2.28. The van der Waals surface area contributed by atoms with Crippen LogP contribution in [0.25, 0.3) is 11.3 Å². The number of carbonyl (C=O) groups excluding carboxylic acids is 2. The molecule has 0 spiro atoms. The topological polar surface area (TPSA) is 88.1 Å². The predicted octanol–water partition coefficient (Wildman–Crippen LogP) is 2.32. The summed E-state index contributed by atoms with van der Waals surface area (Å²) in [6.07, 6.45) is 0.821. The maximum absolute atomic E-state index is 13.0. The molecule has 1 saturated heterocycles. The van der Waals surface area contributed by atoms with Crippen molar-refractivity contribution in [1.29, 1.82) is 0 Å². The lowest BCUT2D eigenvalue weighted by atomic mass is 10.1. The zero-order chi connectivity index (χ0) is 24.5. The average molecular weight is 470 g/mol. The molecule has 2 heterocycles. The van der Waals surface area contributed by atoms with Gasteiger partial charge >= 0.3 is 0 Å². The van der Waals surface area contributed by atoms with Gasteiger partial charge in [-0.25, -0.2) is 0 Å². The van der Waals surface area contributed by atoms with Crippen LogP contribution in [0.1, 0.15) is 20.3 Å². The first-order valence-electron chi connectivity index (χ1n) is 11.7. The Morgan fingerprint density at radius 3 is 2.56 bits per heavy atom. The Kier molecular flexibility index (Phi) is 9.21. The zero-order valence-corrected chi connectivity index (χ0v) is 20.6. The van der Waals surface area contributed by atoms with Gasteiger partial charge in [-0.3, -0.25) is 9.59 Å². The number of carbonyl (C=O) groups is 2. The molecule has 184 valence electrons. The summed E-state index contributed by atoms with van der Waals surface area (Å²) in [6, 6.07) is 11.6.